The Kier molecular flexibility index (Phi) is 6.81. The van der Waals surface area contributed by atoms with E-state index in [1.165, 1.54) is 32.9 Å². The number of hydrogen-bond acceptors (Lipinski definition) is 2. The number of aryl methyl sites for hydroxylation is 4. The second-order valence-electron chi connectivity index (χ2n) is 9.13. The summed E-state index contributed by atoms with van der Waals surface area (Å²) in [6, 6.07) is 31.5. The first kappa shape index (κ1) is 23.4. The molecule has 33 heavy (non-hydrogen) atoms. The molecule has 0 aliphatic heterocycles. The van der Waals surface area contributed by atoms with E-state index in [-0.39, 0.29) is 0 Å². The molecule has 0 amide bonds. The van der Waals surface area contributed by atoms with Crippen LogP contribution < -0.4 is 22.1 Å². The van der Waals surface area contributed by atoms with Gasteiger partial charge in [-0.3, -0.25) is 0 Å². The summed E-state index contributed by atoms with van der Waals surface area (Å²) in [6.07, 6.45) is 0. The molecule has 0 aliphatic carbocycles. The Labute approximate surface area is 199 Å². The fourth-order valence-electron chi connectivity index (χ4n) is 4.93. The van der Waals surface area contributed by atoms with Gasteiger partial charge < -0.3 is 11.5 Å². The van der Waals surface area contributed by atoms with Crippen molar-refractivity contribution in [2.24, 2.45) is 11.5 Å². The normalized spacial score (nSPS) is 14.4. The smallest absolute Gasteiger partial charge is 0.0870 e. The topological polar surface area (TPSA) is 52.0 Å². The standard InChI is InChI=1S/C30H33N2P/c1-20-15-21(2)18-26(17-20)33-27-19-22(3)16-23(4)28(27)30(32,25-13-9-6-10-14-25)29(31)24-11-7-5-8-12-24/h5-19,29,33H,31-32H2,1-4H3/t29?,30-/m0/s1. The largest absolute Gasteiger partial charge is 0.322 e. The van der Waals surface area contributed by atoms with Gasteiger partial charge in [0.25, 0.3) is 0 Å². The van der Waals surface area contributed by atoms with Crippen molar-refractivity contribution in [3.63, 3.8) is 0 Å². The van der Waals surface area contributed by atoms with E-state index in [0.29, 0.717) is 8.58 Å². The molecule has 0 fully saturated rings. The lowest BCUT2D eigenvalue weighted by molar-refractivity contribution is 0.433. The van der Waals surface area contributed by atoms with E-state index in [2.05, 4.69) is 82.3 Å². The third kappa shape index (κ3) is 4.80. The predicted molar refractivity (Wildman–Crippen MR) is 144 cm³/mol. The molecule has 3 heteroatoms. The first-order chi connectivity index (χ1) is 15.8. The molecular formula is C30H33N2P. The summed E-state index contributed by atoms with van der Waals surface area (Å²) in [7, 11) is 0.494. The molecule has 168 valence electrons. The minimum Gasteiger partial charge on any atom is -0.322 e. The number of nitrogens with two attached hydrogens (primary N) is 2. The van der Waals surface area contributed by atoms with Crippen molar-refractivity contribution in [3.05, 3.63) is 130 Å². The first-order valence-electron chi connectivity index (χ1n) is 11.4. The van der Waals surface area contributed by atoms with Gasteiger partial charge in [-0.1, -0.05) is 116 Å². The van der Waals surface area contributed by atoms with Gasteiger partial charge in [-0.25, -0.2) is 0 Å². The van der Waals surface area contributed by atoms with Gasteiger partial charge in [0.2, 0.25) is 0 Å². The minimum atomic E-state index is -0.873. The molecule has 0 saturated carbocycles. The zero-order chi connectivity index (χ0) is 23.6. The monoisotopic (exact) mass is 452 g/mol. The molecule has 2 unspecified atom stereocenters. The van der Waals surface area contributed by atoms with Crippen molar-refractivity contribution in [1.29, 1.82) is 0 Å². The maximum atomic E-state index is 7.46. The third-order valence-electron chi connectivity index (χ3n) is 6.29. The average molecular weight is 453 g/mol. The highest BCUT2D eigenvalue weighted by molar-refractivity contribution is 7.55. The quantitative estimate of drug-likeness (QED) is 0.382. The third-order valence-corrected chi connectivity index (χ3v) is 7.54. The Morgan fingerprint density at radius 3 is 1.85 bits per heavy atom. The summed E-state index contributed by atoms with van der Waals surface area (Å²) < 4.78 is 0. The van der Waals surface area contributed by atoms with Gasteiger partial charge in [-0.05, 0) is 60.6 Å². The van der Waals surface area contributed by atoms with Crippen LogP contribution in [0.2, 0.25) is 0 Å². The molecule has 4 aromatic rings. The fraction of sp³-hybridized carbons (Fsp3) is 0.200. The predicted octanol–water partition coefficient (Wildman–Crippen LogP) is 5.45. The van der Waals surface area contributed by atoms with Gasteiger partial charge in [0, 0.05) is 0 Å². The Morgan fingerprint density at radius 1 is 0.697 bits per heavy atom. The molecule has 0 aliphatic rings. The summed E-state index contributed by atoms with van der Waals surface area (Å²) in [5.74, 6) is 0. The van der Waals surface area contributed by atoms with Crippen LogP contribution in [0.15, 0.2) is 91.0 Å². The molecule has 0 saturated heterocycles. The molecule has 0 heterocycles. The van der Waals surface area contributed by atoms with E-state index in [0.717, 1.165) is 16.7 Å². The van der Waals surface area contributed by atoms with Crippen molar-refractivity contribution >= 4 is 19.2 Å². The van der Waals surface area contributed by atoms with Gasteiger partial charge in [-0.2, -0.15) is 0 Å². The van der Waals surface area contributed by atoms with E-state index in [1.54, 1.807) is 0 Å². The molecule has 3 atom stereocenters. The van der Waals surface area contributed by atoms with Crippen LogP contribution in [0.4, 0.5) is 0 Å². The number of hydrogen-bond donors (Lipinski definition) is 2. The van der Waals surface area contributed by atoms with Crippen molar-refractivity contribution in [2.45, 2.75) is 39.3 Å². The van der Waals surface area contributed by atoms with Crippen LogP contribution in [0.25, 0.3) is 0 Å². The van der Waals surface area contributed by atoms with Gasteiger partial charge >= 0.3 is 0 Å². The molecule has 2 nitrogen and oxygen atoms in total. The van der Waals surface area contributed by atoms with Crippen molar-refractivity contribution < 1.29 is 0 Å². The summed E-state index contributed by atoms with van der Waals surface area (Å²) in [5, 5.41) is 2.58. The summed E-state index contributed by atoms with van der Waals surface area (Å²) in [4.78, 5) is 0. The second-order valence-corrected chi connectivity index (χ2v) is 10.5. The van der Waals surface area contributed by atoms with Crippen LogP contribution in [0.3, 0.4) is 0 Å². The average Bonchev–Trinajstić information content (AvgIpc) is 2.78. The lowest BCUT2D eigenvalue weighted by Gasteiger charge is -2.39. The van der Waals surface area contributed by atoms with E-state index < -0.39 is 11.6 Å². The van der Waals surface area contributed by atoms with E-state index in [9.17, 15) is 0 Å². The van der Waals surface area contributed by atoms with Crippen molar-refractivity contribution in [3.8, 4) is 0 Å². The molecular weight excluding hydrogens is 419 g/mol. The summed E-state index contributed by atoms with van der Waals surface area (Å²) in [6.45, 7) is 8.64. The maximum absolute atomic E-state index is 7.46. The van der Waals surface area contributed by atoms with Crippen LogP contribution in [0, 0.1) is 27.7 Å². The van der Waals surface area contributed by atoms with Crippen molar-refractivity contribution in [1.82, 2.24) is 0 Å². The van der Waals surface area contributed by atoms with Gasteiger partial charge in [0.05, 0.1) is 11.6 Å². The molecule has 4 N–H and O–H groups in total. The molecule has 0 aromatic heterocycles. The summed E-state index contributed by atoms with van der Waals surface area (Å²) in [5.41, 5.74) is 21.8. The van der Waals surface area contributed by atoms with Gasteiger partial charge in [-0.15, -0.1) is 0 Å². The highest BCUT2D eigenvalue weighted by atomic mass is 31.1. The second kappa shape index (κ2) is 9.61. The zero-order valence-electron chi connectivity index (χ0n) is 19.9. The zero-order valence-corrected chi connectivity index (χ0v) is 20.9. The Balaban J connectivity index is 1.96. The van der Waals surface area contributed by atoms with Crippen LogP contribution >= 0.6 is 8.58 Å². The first-order valence-corrected chi connectivity index (χ1v) is 12.4. The maximum Gasteiger partial charge on any atom is 0.0870 e. The fourth-order valence-corrected chi connectivity index (χ4v) is 6.67. The molecule has 0 radical (unpaired) electrons. The van der Waals surface area contributed by atoms with E-state index in [4.69, 9.17) is 11.5 Å². The lowest BCUT2D eigenvalue weighted by Crippen LogP contribution is -2.50. The Bertz CT molecular complexity index is 1230. The van der Waals surface area contributed by atoms with Gasteiger partial charge in [0.15, 0.2) is 0 Å². The number of benzene rings is 4. The van der Waals surface area contributed by atoms with E-state index in [1.807, 2.05) is 36.4 Å². The van der Waals surface area contributed by atoms with Crippen LogP contribution in [0.1, 0.15) is 45.0 Å². The minimum absolute atomic E-state index is 0.398. The van der Waals surface area contributed by atoms with Crippen molar-refractivity contribution in [2.75, 3.05) is 0 Å². The molecule has 0 bridgehead atoms. The lowest BCUT2D eigenvalue weighted by atomic mass is 9.73. The van der Waals surface area contributed by atoms with Gasteiger partial charge in [0.1, 0.15) is 0 Å². The SMILES string of the molecule is Cc1cc(C)cc(Pc2cc(C)cc(C)c2[C@@](N)(c2ccccc2)C(N)c2ccccc2)c1. The Morgan fingerprint density at radius 2 is 1.24 bits per heavy atom. The molecule has 4 rings (SSSR count). The molecule has 0 spiro atoms. The highest BCUT2D eigenvalue weighted by Crippen LogP contribution is 2.40. The highest BCUT2D eigenvalue weighted by Gasteiger charge is 2.40. The summed E-state index contributed by atoms with van der Waals surface area (Å²) >= 11 is 0. The Hall–Kier alpha value is -2.77. The number of rotatable bonds is 6. The van der Waals surface area contributed by atoms with Crippen LogP contribution in [0.5, 0.6) is 0 Å². The van der Waals surface area contributed by atoms with E-state index >= 15 is 0 Å². The molecule has 4 aromatic carbocycles. The van der Waals surface area contributed by atoms with Crippen LogP contribution in [-0.4, -0.2) is 0 Å². The van der Waals surface area contributed by atoms with Crippen LogP contribution in [-0.2, 0) is 5.54 Å².